The molecule has 24 heavy (non-hydrogen) atoms. The van der Waals surface area contributed by atoms with Crippen LogP contribution < -0.4 is 33.3 Å². The van der Waals surface area contributed by atoms with E-state index in [2.05, 4.69) is 17.6 Å². The van der Waals surface area contributed by atoms with E-state index in [9.17, 15) is 9.50 Å². The lowest BCUT2D eigenvalue weighted by Crippen LogP contribution is -3.00. The van der Waals surface area contributed by atoms with Gasteiger partial charge in [0.05, 0.1) is 6.54 Å². The highest BCUT2D eigenvalue weighted by Gasteiger charge is 2.17. The van der Waals surface area contributed by atoms with Gasteiger partial charge >= 0.3 is 0 Å². The molecule has 0 spiro atoms. The maximum Gasteiger partial charge on any atom is 0.244 e. The summed E-state index contributed by atoms with van der Waals surface area (Å²) < 4.78 is 22.5. The highest BCUT2D eigenvalue weighted by atomic mass is 127. The minimum absolute atomic E-state index is 0. The van der Waals surface area contributed by atoms with Crippen molar-refractivity contribution in [2.24, 2.45) is 0 Å². The van der Waals surface area contributed by atoms with Crippen LogP contribution in [0.2, 0.25) is 0 Å². The van der Waals surface area contributed by atoms with Crippen LogP contribution in [-0.2, 0) is 13.1 Å². The number of aryl methyl sites for hydroxylation is 1. The molecule has 0 saturated heterocycles. The zero-order valence-corrected chi connectivity index (χ0v) is 15.6. The van der Waals surface area contributed by atoms with Crippen LogP contribution in [0.3, 0.4) is 0 Å². The molecule has 0 aliphatic rings. The van der Waals surface area contributed by atoms with Gasteiger partial charge in [0.1, 0.15) is 30.8 Å². The molecule has 0 aliphatic heterocycles. The topological polar surface area (TPSA) is 38.3 Å². The number of hydrogen-bond donors (Lipinski definition) is 1. The maximum absolute atomic E-state index is 12.8. The van der Waals surface area contributed by atoms with E-state index < -0.39 is 6.10 Å². The van der Waals surface area contributed by atoms with Crippen molar-refractivity contribution < 1.29 is 42.8 Å². The van der Waals surface area contributed by atoms with Crippen molar-refractivity contribution in [3.63, 3.8) is 0 Å². The summed E-state index contributed by atoms with van der Waals surface area (Å²) in [5.41, 5.74) is 2.22. The predicted octanol–water partition coefficient (Wildman–Crippen LogP) is -0.468. The molecule has 1 atom stereocenters. The van der Waals surface area contributed by atoms with E-state index >= 15 is 0 Å². The van der Waals surface area contributed by atoms with Crippen molar-refractivity contribution in [3.8, 4) is 5.75 Å². The van der Waals surface area contributed by atoms with Gasteiger partial charge in [0.15, 0.2) is 11.0 Å². The first kappa shape index (κ1) is 18.7. The molecule has 0 aliphatic carbocycles. The fraction of sp³-hybridized carbons (Fsp3) is 0.278. The Balaban J connectivity index is 0.00000208. The van der Waals surface area contributed by atoms with Gasteiger partial charge < -0.3 is 33.8 Å². The second-order valence-electron chi connectivity index (χ2n) is 5.46. The van der Waals surface area contributed by atoms with E-state index in [4.69, 9.17) is 4.74 Å². The van der Waals surface area contributed by atoms with Gasteiger partial charge in [-0.25, -0.2) is 13.5 Å². The van der Waals surface area contributed by atoms with E-state index in [1.165, 1.54) is 12.1 Å². The minimum Gasteiger partial charge on any atom is -1.00 e. The smallest absolute Gasteiger partial charge is 0.244 e. The Hall–Kier alpha value is -1.67. The van der Waals surface area contributed by atoms with Crippen molar-refractivity contribution in [2.75, 3.05) is 6.61 Å². The Morgan fingerprint density at radius 1 is 1.17 bits per heavy atom. The van der Waals surface area contributed by atoms with Gasteiger partial charge in [-0.15, -0.1) is 0 Å². The molecule has 0 bridgehead atoms. The number of aliphatic hydroxyl groups is 1. The van der Waals surface area contributed by atoms with Gasteiger partial charge in [0.2, 0.25) is 6.33 Å². The van der Waals surface area contributed by atoms with Gasteiger partial charge in [-0.3, -0.25) is 0 Å². The van der Waals surface area contributed by atoms with Crippen molar-refractivity contribution in [1.29, 1.82) is 0 Å². The van der Waals surface area contributed by atoms with Gasteiger partial charge in [0.25, 0.3) is 0 Å². The second-order valence-corrected chi connectivity index (χ2v) is 5.46. The quantitative estimate of drug-likeness (QED) is 0.415. The fourth-order valence-electron chi connectivity index (χ4n) is 2.64. The molecule has 1 unspecified atom stereocenters. The number of aromatic nitrogens is 2. The van der Waals surface area contributed by atoms with E-state index in [0.717, 1.165) is 17.6 Å². The normalized spacial score (nSPS) is 12.0. The number of ether oxygens (including phenoxy) is 1. The van der Waals surface area contributed by atoms with Gasteiger partial charge in [-0.2, -0.15) is 0 Å². The molecule has 0 fully saturated rings. The van der Waals surface area contributed by atoms with E-state index in [0.29, 0.717) is 12.3 Å². The van der Waals surface area contributed by atoms with Crippen LogP contribution in [0.4, 0.5) is 4.39 Å². The lowest BCUT2D eigenvalue weighted by atomic mass is 10.3. The van der Waals surface area contributed by atoms with Gasteiger partial charge in [-0.05, 0) is 43.3 Å². The summed E-state index contributed by atoms with van der Waals surface area (Å²) in [5.74, 6) is 0.243. The van der Waals surface area contributed by atoms with Crippen LogP contribution >= 0.6 is 0 Å². The number of halogens is 2. The highest BCUT2D eigenvalue weighted by molar-refractivity contribution is 5.71. The lowest BCUT2D eigenvalue weighted by molar-refractivity contribution is -0.679. The molecule has 0 radical (unpaired) electrons. The molecule has 128 valence electrons. The van der Waals surface area contributed by atoms with E-state index in [1.54, 1.807) is 12.1 Å². The van der Waals surface area contributed by atoms with E-state index in [-0.39, 0.29) is 36.4 Å². The lowest BCUT2D eigenvalue weighted by Gasteiger charge is -2.10. The average molecular weight is 442 g/mol. The third kappa shape index (κ3) is 4.24. The number of rotatable bonds is 6. The number of benzene rings is 2. The van der Waals surface area contributed by atoms with Gasteiger partial charge in [-0.1, -0.05) is 12.1 Å². The Labute approximate surface area is 157 Å². The number of para-hydroxylation sites is 2. The molecule has 2 aromatic carbocycles. The molecule has 3 rings (SSSR count). The third-order valence-electron chi connectivity index (χ3n) is 3.78. The van der Waals surface area contributed by atoms with Crippen molar-refractivity contribution >= 4 is 11.0 Å². The predicted molar refractivity (Wildman–Crippen MR) is 85.7 cm³/mol. The number of hydrogen-bond acceptors (Lipinski definition) is 2. The van der Waals surface area contributed by atoms with Crippen LogP contribution in [-0.4, -0.2) is 22.4 Å². The summed E-state index contributed by atoms with van der Waals surface area (Å²) in [6.45, 7) is 3.56. The molecule has 3 aromatic rings. The van der Waals surface area contributed by atoms with Crippen molar-refractivity contribution in [2.45, 2.75) is 26.1 Å². The molecular weight excluding hydrogens is 422 g/mol. The fourth-order valence-corrected chi connectivity index (χ4v) is 2.64. The number of imidazole rings is 1. The van der Waals surface area contributed by atoms with Crippen LogP contribution in [0.1, 0.15) is 6.92 Å². The Kier molecular flexibility index (Phi) is 6.56. The SMILES string of the molecule is CCn1c[n+](CC(O)COc2ccc(F)cc2)c2ccccc21.[I-]. The summed E-state index contributed by atoms with van der Waals surface area (Å²) in [6.07, 6.45) is 1.35. The zero-order valence-electron chi connectivity index (χ0n) is 13.4. The Morgan fingerprint density at radius 2 is 1.88 bits per heavy atom. The molecule has 1 N–H and O–H groups in total. The van der Waals surface area contributed by atoms with Gasteiger partial charge in [0, 0.05) is 0 Å². The summed E-state index contributed by atoms with van der Waals surface area (Å²) in [5, 5.41) is 10.2. The Morgan fingerprint density at radius 3 is 2.58 bits per heavy atom. The monoisotopic (exact) mass is 442 g/mol. The second kappa shape index (κ2) is 8.43. The molecule has 1 aromatic heterocycles. The van der Waals surface area contributed by atoms with Crippen LogP contribution in [0.15, 0.2) is 54.9 Å². The number of aliphatic hydroxyl groups excluding tert-OH is 1. The number of nitrogens with zero attached hydrogens (tertiary/aromatic N) is 2. The Bertz CT molecular complexity index is 789. The maximum atomic E-state index is 12.8. The highest BCUT2D eigenvalue weighted by Crippen LogP contribution is 2.12. The van der Waals surface area contributed by atoms with Crippen LogP contribution in [0.5, 0.6) is 5.75 Å². The zero-order chi connectivity index (χ0) is 16.2. The van der Waals surface area contributed by atoms with Crippen molar-refractivity contribution in [3.05, 3.63) is 60.7 Å². The summed E-state index contributed by atoms with van der Waals surface area (Å²) >= 11 is 0. The van der Waals surface area contributed by atoms with Crippen LogP contribution in [0, 0.1) is 5.82 Å². The summed E-state index contributed by atoms with van der Waals surface area (Å²) in [4.78, 5) is 0. The third-order valence-corrected chi connectivity index (χ3v) is 3.78. The van der Waals surface area contributed by atoms with Crippen molar-refractivity contribution in [1.82, 2.24) is 4.57 Å². The van der Waals surface area contributed by atoms with Crippen LogP contribution in [0.25, 0.3) is 11.0 Å². The number of fused-ring (bicyclic) bond motifs is 1. The molecular formula is C18H20FIN2O2. The molecule has 0 amide bonds. The standard InChI is InChI=1S/C18H20FN2O2.HI/c1-2-20-13-21(18-6-4-3-5-17(18)20)11-15(22)12-23-16-9-7-14(19)8-10-16;/h3-10,13,15,22H,2,11-12H2,1H3;1H/q+1;/p-1. The summed E-state index contributed by atoms with van der Waals surface area (Å²) in [7, 11) is 0. The average Bonchev–Trinajstić information content (AvgIpc) is 2.92. The molecule has 6 heteroatoms. The van der Waals surface area contributed by atoms with E-state index in [1.807, 2.05) is 29.1 Å². The first-order valence-corrected chi connectivity index (χ1v) is 7.71. The minimum atomic E-state index is -0.652. The first-order valence-electron chi connectivity index (χ1n) is 7.71. The molecule has 0 saturated carbocycles. The molecule has 1 heterocycles. The largest absolute Gasteiger partial charge is 1.00 e. The molecule has 4 nitrogen and oxygen atoms in total. The summed E-state index contributed by atoms with van der Waals surface area (Å²) in [6, 6.07) is 13.9. The first-order chi connectivity index (χ1) is 11.2.